The Bertz CT molecular complexity index is 793. The van der Waals surface area contributed by atoms with Crippen molar-refractivity contribution in [3.63, 3.8) is 0 Å². The number of benzene rings is 1. The summed E-state index contributed by atoms with van der Waals surface area (Å²) in [5.74, 6) is -0.438. The molecule has 0 fully saturated rings. The molecule has 2 heterocycles. The van der Waals surface area contributed by atoms with Gasteiger partial charge in [-0.25, -0.2) is 9.37 Å². The van der Waals surface area contributed by atoms with Crippen molar-refractivity contribution in [1.29, 1.82) is 0 Å². The molecule has 2 aromatic heterocycles. The van der Waals surface area contributed by atoms with Gasteiger partial charge in [0.15, 0.2) is 5.82 Å². The Morgan fingerprint density at radius 1 is 0.955 bits per heavy atom. The first-order valence-electron chi connectivity index (χ1n) is 6.16. The van der Waals surface area contributed by atoms with E-state index in [9.17, 15) is 17.6 Å². The highest BCUT2D eigenvalue weighted by Gasteiger charge is 2.32. The SMILES string of the molecule is Fc1ccc(-c2cnnn2-c2cccc(C(F)(F)F)n2)cc1. The second-order valence-electron chi connectivity index (χ2n) is 4.42. The monoisotopic (exact) mass is 308 g/mol. The van der Waals surface area contributed by atoms with Crippen molar-refractivity contribution >= 4 is 0 Å². The van der Waals surface area contributed by atoms with Crippen LogP contribution in [0.2, 0.25) is 0 Å². The predicted molar refractivity (Wildman–Crippen MR) is 69.5 cm³/mol. The van der Waals surface area contributed by atoms with E-state index in [4.69, 9.17) is 0 Å². The third-order valence-electron chi connectivity index (χ3n) is 2.93. The number of nitrogens with zero attached hydrogens (tertiary/aromatic N) is 4. The number of pyridine rings is 1. The molecule has 0 spiro atoms. The molecule has 0 bridgehead atoms. The Labute approximate surface area is 122 Å². The number of aromatic nitrogens is 4. The van der Waals surface area contributed by atoms with E-state index in [0.29, 0.717) is 11.3 Å². The Morgan fingerprint density at radius 2 is 1.68 bits per heavy atom. The normalized spacial score (nSPS) is 11.6. The van der Waals surface area contributed by atoms with Gasteiger partial charge in [-0.1, -0.05) is 11.3 Å². The summed E-state index contributed by atoms with van der Waals surface area (Å²) < 4.78 is 52.3. The number of halogens is 4. The van der Waals surface area contributed by atoms with Crippen LogP contribution in [0.3, 0.4) is 0 Å². The largest absolute Gasteiger partial charge is 0.433 e. The number of rotatable bonds is 2. The zero-order valence-electron chi connectivity index (χ0n) is 10.9. The van der Waals surface area contributed by atoms with Gasteiger partial charge in [0.05, 0.1) is 11.9 Å². The van der Waals surface area contributed by atoms with Crippen LogP contribution in [-0.4, -0.2) is 20.0 Å². The van der Waals surface area contributed by atoms with Crippen molar-refractivity contribution in [3.05, 3.63) is 60.2 Å². The van der Waals surface area contributed by atoms with Crippen molar-refractivity contribution in [2.24, 2.45) is 0 Å². The summed E-state index contributed by atoms with van der Waals surface area (Å²) in [6, 6.07) is 8.95. The van der Waals surface area contributed by atoms with Crippen LogP contribution >= 0.6 is 0 Å². The highest BCUT2D eigenvalue weighted by atomic mass is 19.4. The lowest BCUT2D eigenvalue weighted by Gasteiger charge is -2.09. The van der Waals surface area contributed by atoms with E-state index in [1.807, 2.05) is 0 Å². The van der Waals surface area contributed by atoms with Gasteiger partial charge in [-0.3, -0.25) is 0 Å². The lowest BCUT2D eigenvalue weighted by molar-refractivity contribution is -0.141. The maximum Gasteiger partial charge on any atom is 0.433 e. The Balaban J connectivity index is 2.07. The zero-order chi connectivity index (χ0) is 15.7. The lowest BCUT2D eigenvalue weighted by atomic mass is 10.1. The minimum Gasteiger partial charge on any atom is -0.224 e. The summed E-state index contributed by atoms with van der Waals surface area (Å²) >= 11 is 0. The van der Waals surface area contributed by atoms with Gasteiger partial charge in [-0.05, 0) is 36.4 Å². The van der Waals surface area contributed by atoms with Crippen molar-refractivity contribution in [1.82, 2.24) is 20.0 Å². The maximum absolute atomic E-state index is 13.0. The van der Waals surface area contributed by atoms with Gasteiger partial charge in [0, 0.05) is 5.56 Å². The summed E-state index contributed by atoms with van der Waals surface area (Å²) in [5, 5.41) is 7.44. The van der Waals surface area contributed by atoms with Gasteiger partial charge in [0.25, 0.3) is 0 Å². The molecular weight excluding hydrogens is 300 g/mol. The number of hydrogen-bond acceptors (Lipinski definition) is 3. The molecule has 0 unspecified atom stereocenters. The fourth-order valence-electron chi connectivity index (χ4n) is 1.92. The van der Waals surface area contributed by atoms with Gasteiger partial charge in [-0.15, -0.1) is 5.10 Å². The van der Waals surface area contributed by atoms with Gasteiger partial charge < -0.3 is 0 Å². The molecule has 0 N–H and O–H groups in total. The van der Waals surface area contributed by atoms with E-state index in [1.54, 1.807) is 0 Å². The van der Waals surface area contributed by atoms with Crippen molar-refractivity contribution in [2.45, 2.75) is 6.18 Å². The third-order valence-corrected chi connectivity index (χ3v) is 2.93. The summed E-state index contributed by atoms with van der Waals surface area (Å²) in [5.41, 5.74) is -0.0528. The van der Waals surface area contributed by atoms with E-state index in [0.717, 1.165) is 6.07 Å². The van der Waals surface area contributed by atoms with E-state index in [-0.39, 0.29) is 5.82 Å². The molecule has 4 nitrogen and oxygen atoms in total. The standard InChI is InChI=1S/C14H8F4N4/c15-10-6-4-9(5-7-10)11-8-19-21-22(11)13-3-1-2-12(20-13)14(16,17)18/h1-8H. The van der Waals surface area contributed by atoms with E-state index in [2.05, 4.69) is 15.3 Å². The maximum atomic E-state index is 13.0. The second kappa shape index (κ2) is 5.21. The van der Waals surface area contributed by atoms with E-state index >= 15 is 0 Å². The summed E-state index contributed by atoms with van der Waals surface area (Å²) in [7, 11) is 0. The molecule has 0 saturated carbocycles. The van der Waals surface area contributed by atoms with Gasteiger partial charge in [0.1, 0.15) is 11.5 Å². The van der Waals surface area contributed by atoms with Crippen LogP contribution < -0.4 is 0 Å². The second-order valence-corrected chi connectivity index (χ2v) is 4.42. The van der Waals surface area contributed by atoms with Crippen LogP contribution in [0.1, 0.15) is 5.69 Å². The molecule has 22 heavy (non-hydrogen) atoms. The van der Waals surface area contributed by atoms with Crippen LogP contribution in [-0.2, 0) is 6.18 Å². The lowest BCUT2D eigenvalue weighted by Crippen LogP contribution is -2.11. The Kier molecular flexibility index (Phi) is 3.36. The summed E-state index contributed by atoms with van der Waals surface area (Å²) in [4.78, 5) is 3.55. The molecule has 8 heteroatoms. The topological polar surface area (TPSA) is 43.6 Å². The molecule has 3 aromatic rings. The highest BCUT2D eigenvalue weighted by Crippen LogP contribution is 2.28. The average Bonchev–Trinajstić information content (AvgIpc) is 2.97. The van der Waals surface area contributed by atoms with Gasteiger partial charge in [-0.2, -0.15) is 17.9 Å². The highest BCUT2D eigenvalue weighted by molar-refractivity contribution is 5.60. The number of hydrogen-bond donors (Lipinski definition) is 0. The van der Waals surface area contributed by atoms with Crippen LogP contribution in [0.5, 0.6) is 0 Å². The Morgan fingerprint density at radius 3 is 2.36 bits per heavy atom. The zero-order valence-corrected chi connectivity index (χ0v) is 10.9. The molecule has 0 saturated heterocycles. The molecule has 0 aliphatic rings. The smallest absolute Gasteiger partial charge is 0.224 e. The van der Waals surface area contributed by atoms with E-state index < -0.39 is 17.7 Å². The Hall–Kier alpha value is -2.77. The first kappa shape index (κ1) is 14.2. The van der Waals surface area contributed by atoms with Crippen molar-refractivity contribution in [3.8, 4) is 17.1 Å². The molecular formula is C14H8F4N4. The molecule has 0 amide bonds. The first-order chi connectivity index (χ1) is 10.4. The molecule has 3 rings (SSSR count). The third kappa shape index (κ3) is 2.67. The van der Waals surface area contributed by atoms with Crippen LogP contribution in [0, 0.1) is 5.82 Å². The fourth-order valence-corrected chi connectivity index (χ4v) is 1.92. The van der Waals surface area contributed by atoms with Gasteiger partial charge in [0.2, 0.25) is 0 Å². The summed E-state index contributed by atoms with van der Waals surface area (Å²) in [6.07, 6.45) is -3.18. The molecule has 0 aliphatic carbocycles. The minimum atomic E-state index is -4.55. The van der Waals surface area contributed by atoms with Crippen molar-refractivity contribution in [2.75, 3.05) is 0 Å². The first-order valence-corrected chi connectivity index (χ1v) is 6.16. The molecule has 0 aliphatic heterocycles. The number of alkyl halides is 3. The molecule has 0 atom stereocenters. The van der Waals surface area contributed by atoms with Crippen molar-refractivity contribution < 1.29 is 17.6 Å². The van der Waals surface area contributed by atoms with Crippen LogP contribution in [0.25, 0.3) is 17.1 Å². The average molecular weight is 308 g/mol. The molecule has 112 valence electrons. The fraction of sp³-hybridized carbons (Fsp3) is 0.0714. The minimum absolute atomic E-state index is 0.0216. The van der Waals surface area contributed by atoms with Crippen LogP contribution in [0.4, 0.5) is 17.6 Å². The molecule has 0 radical (unpaired) electrons. The predicted octanol–water partition coefficient (Wildman–Crippen LogP) is 3.49. The van der Waals surface area contributed by atoms with Crippen LogP contribution in [0.15, 0.2) is 48.7 Å². The van der Waals surface area contributed by atoms with Gasteiger partial charge >= 0.3 is 6.18 Å². The quantitative estimate of drug-likeness (QED) is 0.681. The molecule has 1 aromatic carbocycles. The summed E-state index contributed by atoms with van der Waals surface area (Å²) in [6.45, 7) is 0. The van der Waals surface area contributed by atoms with E-state index in [1.165, 1.54) is 47.3 Å².